The lowest BCUT2D eigenvalue weighted by molar-refractivity contribution is -0.137. The van der Waals surface area contributed by atoms with Crippen LogP contribution in [0.4, 0.5) is 5.69 Å². The van der Waals surface area contributed by atoms with E-state index in [9.17, 15) is 19.5 Å². The van der Waals surface area contributed by atoms with Crippen molar-refractivity contribution in [2.45, 2.75) is 66.8 Å². The van der Waals surface area contributed by atoms with Gasteiger partial charge in [0.1, 0.15) is 6.04 Å². The van der Waals surface area contributed by atoms with Crippen LogP contribution in [0.15, 0.2) is 83.0 Å². The molecular formula is C35H47N3O4. The lowest BCUT2D eigenvalue weighted by Gasteiger charge is -2.37. The number of ketones is 1. The lowest BCUT2D eigenvalue weighted by atomic mass is 9.72. The number of nitrogens with zero attached hydrogens (tertiary/aromatic N) is 2. The minimum atomic E-state index is -0.999. The Morgan fingerprint density at radius 3 is 2.26 bits per heavy atom. The molecule has 0 radical (unpaired) electrons. The van der Waals surface area contributed by atoms with Crippen LogP contribution in [0, 0.1) is 5.41 Å². The Bertz CT molecular complexity index is 1290. The number of nitrogens with one attached hydrogen (secondary N) is 1. The summed E-state index contributed by atoms with van der Waals surface area (Å²) < 4.78 is 0. The highest BCUT2D eigenvalue weighted by Crippen LogP contribution is 2.40. The zero-order valence-electron chi connectivity index (χ0n) is 26.1. The van der Waals surface area contributed by atoms with Crippen LogP contribution in [0.2, 0.25) is 0 Å². The predicted molar refractivity (Wildman–Crippen MR) is 170 cm³/mol. The summed E-state index contributed by atoms with van der Waals surface area (Å²) in [4.78, 5) is 41.0. The average molecular weight is 574 g/mol. The summed E-state index contributed by atoms with van der Waals surface area (Å²) in [5.74, 6) is -0.691. The highest BCUT2D eigenvalue weighted by atomic mass is 16.3. The zero-order valence-corrected chi connectivity index (χ0v) is 26.1. The molecule has 0 bridgehead atoms. The maximum Gasteiger partial charge on any atom is 0.247 e. The van der Waals surface area contributed by atoms with Crippen LogP contribution in [0.5, 0.6) is 0 Å². The number of benzene rings is 1. The molecule has 42 heavy (non-hydrogen) atoms. The first-order chi connectivity index (χ1) is 19.9. The van der Waals surface area contributed by atoms with Gasteiger partial charge in [0.05, 0.1) is 6.61 Å². The maximum absolute atomic E-state index is 13.0. The maximum atomic E-state index is 13.0. The van der Waals surface area contributed by atoms with Crippen LogP contribution in [0.25, 0.3) is 0 Å². The quantitative estimate of drug-likeness (QED) is 0.218. The smallest absolute Gasteiger partial charge is 0.247 e. The molecule has 2 N–H and O–H groups in total. The van der Waals surface area contributed by atoms with Crippen molar-refractivity contribution in [2.24, 2.45) is 5.41 Å². The Morgan fingerprint density at radius 2 is 1.67 bits per heavy atom. The number of Topliss-reactive ketones (excluding diaryl/α,β-unsaturated/α-hetero) is 1. The van der Waals surface area contributed by atoms with Crippen molar-refractivity contribution in [3.05, 3.63) is 88.6 Å². The topological polar surface area (TPSA) is 90.0 Å². The number of anilines is 1. The van der Waals surface area contributed by atoms with Gasteiger partial charge < -0.3 is 20.2 Å². The number of aliphatic hydroxyl groups is 1. The first kappa shape index (κ1) is 32.8. The largest absolute Gasteiger partial charge is 0.394 e. The van der Waals surface area contributed by atoms with Crippen molar-refractivity contribution in [3.63, 3.8) is 0 Å². The lowest BCUT2D eigenvalue weighted by Crippen LogP contribution is -2.56. The van der Waals surface area contributed by atoms with E-state index in [4.69, 9.17) is 0 Å². The van der Waals surface area contributed by atoms with Crippen LogP contribution in [-0.4, -0.2) is 66.4 Å². The third-order valence-corrected chi connectivity index (χ3v) is 8.16. The number of piperazine rings is 1. The molecule has 1 saturated heterocycles. The van der Waals surface area contributed by atoms with Gasteiger partial charge in [0, 0.05) is 43.5 Å². The van der Waals surface area contributed by atoms with E-state index < -0.39 is 18.6 Å². The van der Waals surface area contributed by atoms with Gasteiger partial charge in [0.25, 0.3) is 0 Å². The Kier molecular flexibility index (Phi) is 11.7. The van der Waals surface area contributed by atoms with Gasteiger partial charge in [-0.1, -0.05) is 55.4 Å². The van der Waals surface area contributed by atoms with E-state index in [0.29, 0.717) is 31.7 Å². The number of rotatable bonds is 10. The average Bonchev–Trinajstić information content (AvgIpc) is 2.95. The monoisotopic (exact) mass is 573 g/mol. The van der Waals surface area contributed by atoms with E-state index >= 15 is 0 Å². The second-order valence-corrected chi connectivity index (χ2v) is 12.1. The standard InChI is InChI=1S/C35H47N3O4/c1-25(12-17-31-27(3)11-8-18-35(31,5)6)9-7-10-26(2)23-33(41)36-32(24-39)34(42)38-21-19-37(20-22-38)30-15-13-29(14-16-30)28(4)40/h7,9-10,12-17,23,32,39H,8,11,18-22,24H2,1-6H3,(H,36,41). The summed E-state index contributed by atoms with van der Waals surface area (Å²) in [6.45, 7) is 14.0. The fourth-order valence-electron chi connectivity index (χ4n) is 5.60. The van der Waals surface area contributed by atoms with Gasteiger partial charge in [-0.25, -0.2) is 0 Å². The Morgan fingerprint density at radius 1 is 1.00 bits per heavy atom. The highest BCUT2D eigenvalue weighted by Gasteiger charge is 2.28. The highest BCUT2D eigenvalue weighted by molar-refractivity contribution is 5.94. The van der Waals surface area contributed by atoms with Crippen molar-refractivity contribution in [2.75, 3.05) is 37.7 Å². The van der Waals surface area contributed by atoms with E-state index in [1.54, 1.807) is 11.8 Å². The molecule has 1 heterocycles. The summed E-state index contributed by atoms with van der Waals surface area (Å²) in [5.41, 5.74) is 6.61. The molecule has 0 aromatic heterocycles. The first-order valence-electron chi connectivity index (χ1n) is 14.9. The molecular weight excluding hydrogens is 526 g/mol. The Balaban J connectivity index is 1.51. The molecule has 1 aromatic carbocycles. The van der Waals surface area contributed by atoms with Crippen molar-refractivity contribution in [3.8, 4) is 0 Å². The van der Waals surface area contributed by atoms with Gasteiger partial charge >= 0.3 is 0 Å². The molecule has 1 fully saturated rings. The van der Waals surface area contributed by atoms with Gasteiger partial charge in [0.2, 0.25) is 11.8 Å². The Labute approximate surface area is 251 Å². The molecule has 1 aromatic rings. The van der Waals surface area contributed by atoms with E-state index in [1.807, 2.05) is 49.4 Å². The van der Waals surface area contributed by atoms with Crippen molar-refractivity contribution < 1.29 is 19.5 Å². The van der Waals surface area contributed by atoms with Crippen LogP contribution < -0.4 is 10.2 Å². The summed E-state index contributed by atoms with van der Waals surface area (Å²) in [5, 5.41) is 12.5. The van der Waals surface area contributed by atoms with Crippen LogP contribution in [0.3, 0.4) is 0 Å². The molecule has 7 nitrogen and oxygen atoms in total. The minimum absolute atomic E-state index is 0.0251. The van der Waals surface area contributed by atoms with Crippen LogP contribution in [0.1, 0.15) is 71.2 Å². The number of hydrogen-bond acceptors (Lipinski definition) is 5. The molecule has 1 aliphatic carbocycles. The summed E-state index contributed by atoms with van der Waals surface area (Å²) >= 11 is 0. The zero-order chi connectivity index (χ0) is 30.9. The number of allylic oxidation sites excluding steroid dienone is 9. The number of hydrogen-bond donors (Lipinski definition) is 2. The summed E-state index contributed by atoms with van der Waals surface area (Å²) in [7, 11) is 0. The normalized spacial score (nSPS) is 19.0. The number of carbonyl (C=O) groups excluding carboxylic acids is 3. The van der Waals surface area contributed by atoms with E-state index in [-0.39, 0.29) is 17.1 Å². The van der Waals surface area contributed by atoms with Crippen molar-refractivity contribution >= 4 is 23.3 Å². The van der Waals surface area contributed by atoms with Crippen molar-refractivity contribution in [1.82, 2.24) is 10.2 Å². The minimum Gasteiger partial charge on any atom is -0.394 e. The molecule has 0 spiro atoms. The number of amides is 2. The second kappa shape index (κ2) is 15.0. The Hall–Kier alpha value is -3.71. The van der Waals surface area contributed by atoms with Gasteiger partial charge in [0.15, 0.2) is 5.78 Å². The number of carbonyl (C=O) groups is 3. The molecule has 7 heteroatoms. The van der Waals surface area contributed by atoms with Gasteiger partial charge in [-0.3, -0.25) is 14.4 Å². The van der Waals surface area contributed by atoms with Crippen LogP contribution in [-0.2, 0) is 9.59 Å². The third-order valence-electron chi connectivity index (χ3n) is 8.16. The van der Waals surface area contributed by atoms with Gasteiger partial charge in [-0.2, -0.15) is 0 Å². The van der Waals surface area contributed by atoms with Gasteiger partial charge in [-0.15, -0.1) is 0 Å². The molecule has 1 atom stereocenters. The van der Waals surface area contributed by atoms with E-state index in [2.05, 4.69) is 50.1 Å². The predicted octanol–water partition coefficient (Wildman–Crippen LogP) is 5.55. The number of aliphatic hydroxyl groups excluding tert-OH is 1. The van der Waals surface area contributed by atoms with Crippen LogP contribution >= 0.6 is 0 Å². The summed E-state index contributed by atoms with van der Waals surface area (Å²) in [6, 6.07) is 6.45. The summed E-state index contributed by atoms with van der Waals surface area (Å²) in [6.07, 6.45) is 15.2. The first-order valence-corrected chi connectivity index (χ1v) is 14.9. The second-order valence-electron chi connectivity index (χ2n) is 12.1. The molecule has 1 unspecified atom stereocenters. The molecule has 2 amide bonds. The SMILES string of the molecule is CC(=O)c1ccc(N2CCN(C(=O)C(CO)NC(=O)C=C(C)C=CC=C(C)C=CC3=C(C)CCCC3(C)C)CC2)cc1. The molecule has 0 saturated carbocycles. The molecule has 1 aliphatic heterocycles. The molecule has 2 aliphatic rings. The fraction of sp³-hybridized carbons (Fsp3) is 0.457. The fourth-order valence-corrected chi connectivity index (χ4v) is 5.60. The molecule has 3 rings (SSSR count). The van der Waals surface area contributed by atoms with E-state index in [1.165, 1.54) is 30.1 Å². The molecule has 226 valence electrons. The van der Waals surface area contributed by atoms with Crippen molar-refractivity contribution in [1.29, 1.82) is 0 Å². The van der Waals surface area contributed by atoms with Gasteiger partial charge in [-0.05, 0) is 87.8 Å². The third kappa shape index (κ3) is 9.15. The van der Waals surface area contributed by atoms with E-state index in [0.717, 1.165) is 23.3 Å².